The second-order valence-electron chi connectivity index (χ2n) is 4.45. The molecule has 1 fully saturated rings. The molecular formula is C13H18ClNO3S. The number of rotatable bonds is 4. The zero-order valence-electron chi connectivity index (χ0n) is 10.9. The molecule has 1 saturated heterocycles. The van der Waals surface area contributed by atoms with Crippen molar-refractivity contribution in [3.63, 3.8) is 0 Å². The summed E-state index contributed by atoms with van der Waals surface area (Å²) in [6.07, 6.45) is 0. The number of hydrogen-bond acceptors (Lipinski definition) is 4. The number of benzene rings is 1. The second-order valence-corrected chi connectivity index (χ2v) is 7.00. The van der Waals surface area contributed by atoms with Gasteiger partial charge in [-0.1, -0.05) is 19.1 Å². The number of anilines is 1. The van der Waals surface area contributed by atoms with Gasteiger partial charge in [-0.05, 0) is 12.1 Å². The van der Waals surface area contributed by atoms with Gasteiger partial charge < -0.3 is 9.64 Å². The van der Waals surface area contributed by atoms with Crippen LogP contribution in [0, 0.1) is 0 Å². The first-order valence-electron chi connectivity index (χ1n) is 6.32. The van der Waals surface area contributed by atoms with Gasteiger partial charge in [-0.3, -0.25) is 0 Å². The highest BCUT2D eigenvalue weighted by Crippen LogP contribution is 2.29. The van der Waals surface area contributed by atoms with Crippen LogP contribution in [0.3, 0.4) is 0 Å². The molecule has 0 saturated carbocycles. The molecule has 0 radical (unpaired) electrons. The van der Waals surface area contributed by atoms with Crippen LogP contribution in [0.1, 0.15) is 6.92 Å². The first kappa shape index (κ1) is 14.6. The fraction of sp³-hybridized carbons (Fsp3) is 0.538. The van der Waals surface area contributed by atoms with Crippen LogP contribution in [0.2, 0.25) is 0 Å². The minimum absolute atomic E-state index is 0.0172. The number of para-hydroxylation sites is 1. The Bertz CT molecular complexity index is 532. The zero-order chi connectivity index (χ0) is 13.9. The minimum atomic E-state index is -3.24. The topological polar surface area (TPSA) is 46.6 Å². The predicted molar refractivity (Wildman–Crippen MR) is 76.8 cm³/mol. The second kappa shape index (κ2) is 6.11. The molecule has 1 aliphatic heterocycles. The van der Waals surface area contributed by atoms with Crippen molar-refractivity contribution in [2.24, 2.45) is 0 Å². The molecule has 0 spiro atoms. The van der Waals surface area contributed by atoms with E-state index in [0.29, 0.717) is 30.5 Å². The van der Waals surface area contributed by atoms with E-state index < -0.39 is 9.84 Å². The molecule has 6 heteroatoms. The maximum Gasteiger partial charge on any atom is 0.180 e. The van der Waals surface area contributed by atoms with Gasteiger partial charge in [-0.2, -0.15) is 0 Å². The molecule has 0 bridgehead atoms. The van der Waals surface area contributed by atoms with Crippen LogP contribution in [0.25, 0.3) is 0 Å². The quantitative estimate of drug-likeness (QED) is 0.797. The van der Waals surface area contributed by atoms with E-state index in [1.807, 2.05) is 17.0 Å². The van der Waals surface area contributed by atoms with Crippen LogP contribution in [0.4, 0.5) is 5.69 Å². The molecule has 1 aliphatic rings. The maximum absolute atomic E-state index is 12.2. The van der Waals surface area contributed by atoms with Crippen LogP contribution < -0.4 is 4.90 Å². The SMILES string of the molecule is CCS(=O)(=O)c1ccccc1N1CCOCC1CCl. The van der Waals surface area contributed by atoms with E-state index in [1.165, 1.54) is 0 Å². The monoisotopic (exact) mass is 303 g/mol. The zero-order valence-corrected chi connectivity index (χ0v) is 12.5. The molecule has 106 valence electrons. The summed E-state index contributed by atoms with van der Waals surface area (Å²) < 4.78 is 29.7. The van der Waals surface area contributed by atoms with Gasteiger partial charge in [0.05, 0.1) is 35.6 Å². The maximum atomic E-state index is 12.2. The Morgan fingerprint density at radius 1 is 1.42 bits per heavy atom. The molecule has 2 rings (SSSR count). The van der Waals surface area contributed by atoms with Gasteiger partial charge in [-0.25, -0.2) is 8.42 Å². The summed E-state index contributed by atoms with van der Waals surface area (Å²) in [6, 6.07) is 7.12. The molecule has 1 heterocycles. The van der Waals surface area contributed by atoms with Gasteiger partial charge in [0.1, 0.15) is 0 Å². The lowest BCUT2D eigenvalue weighted by Gasteiger charge is -2.37. The number of nitrogens with zero attached hydrogens (tertiary/aromatic N) is 1. The van der Waals surface area contributed by atoms with Crippen molar-refractivity contribution in [1.82, 2.24) is 0 Å². The smallest absolute Gasteiger partial charge is 0.180 e. The number of morpholine rings is 1. The van der Waals surface area contributed by atoms with E-state index in [0.717, 1.165) is 5.69 Å². The lowest BCUT2D eigenvalue weighted by molar-refractivity contribution is 0.0995. The molecule has 1 aromatic rings. The first-order valence-corrected chi connectivity index (χ1v) is 8.51. The number of hydrogen-bond donors (Lipinski definition) is 0. The Morgan fingerprint density at radius 3 is 2.84 bits per heavy atom. The van der Waals surface area contributed by atoms with E-state index >= 15 is 0 Å². The van der Waals surface area contributed by atoms with Crippen LogP contribution in [-0.4, -0.2) is 45.9 Å². The number of alkyl halides is 1. The molecule has 0 amide bonds. The van der Waals surface area contributed by atoms with E-state index in [-0.39, 0.29) is 11.8 Å². The van der Waals surface area contributed by atoms with E-state index in [1.54, 1.807) is 19.1 Å². The lowest BCUT2D eigenvalue weighted by Crippen LogP contribution is -2.47. The normalized spacial score (nSPS) is 20.5. The Kier molecular flexibility index (Phi) is 4.71. The molecule has 0 aliphatic carbocycles. The van der Waals surface area contributed by atoms with Crippen molar-refractivity contribution < 1.29 is 13.2 Å². The van der Waals surface area contributed by atoms with Gasteiger partial charge in [-0.15, -0.1) is 11.6 Å². The van der Waals surface area contributed by atoms with Crippen molar-refractivity contribution in [2.75, 3.05) is 36.3 Å². The number of sulfone groups is 1. The summed E-state index contributed by atoms with van der Waals surface area (Å²) in [5.41, 5.74) is 0.735. The molecular weight excluding hydrogens is 286 g/mol. The Hall–Kier alpha value is -0.780. The Labute approximate surface area is 119 Å². The summed E-state index contributed by atoms with van der Waals surface area (Å²) in [4.78, 5) is 2.42. The van der Waals surface area contributed by atoms with Crippen LogP contribution in [-0.2, 0) is 14.6 Å². The highest BCUT2D eigenvalue weighted by Gasteiger charge is 2.27. The molecule has 19 heavy (non-hydrogen) atoms. The predicted octanol–water partition coefficient (Wildman–Crippen LogP) is 1.92. The molecule has 1 atom stereocenters. The third-order valence-corrected chi connectivity index (χ3v) is 5.43. The standard InChI is InChI=1S/C13H18ClNO3S/c1-2-19(16,17)13-6-4-3-5-12(13)15-7-8-18-10-11(15)9-14/h3-6,11H,2,7-10H2,1H3. The van der Waals surface area contributed by atoms with E-state index in [4.69, 9.17) is 16.3 Å². The summed E-state index contributed by atoms with van der Waals surface area (Å²) in [5, 5.41) is 0. The van der Waals surface area contributed by atoms with Crippen molar-refractivity contribution in [3.05, 3.63) is 24.3 Å². The van der Waals surface area contributed by atoms with Crippen molar-refractivity contribution in [2.45, 2.75) is 17.9 Å². The third kappa shape index (κ3) is 3.04. The van der Waals surface area contributed by atoms with Crippen LogP contribution in [0.15, 0.2) is 29.2 Å². The fourth-order valence-corrected chi connectivity index (χ4v) is 3.57. The molecule has 1 aromatic carbocycles. The summed E-state index contributed by atoms with van der Waals surface area (Å²) in [7, 11) is -3.24. The highest BCUT2D eigenvalue weighted by atomic mass is 35.5. The number of halogens is 1. The van der Waals surface area contributed by atoms with Gasteiger partial charge in [0.15, 0.2) is 9.84 Å². The molecule has 0 N–H and O–H groups in total. The summed E-state index contributed by atoms with van der Waals surface area (Å²) >= 11 is 5.95. The van der Waals surface area contributed by atoms with Crippen LogP contribution >= 0.6 is 11.6 Å². The van der Waals surface area contributed by atoms with Crippen molar-refractivity contribution in [1.29, 1.82) is 0 Å². The van der Waals surface area contributed by atoms with Crippen molar-refractivity contribution >= 4 is 27.1 Å². The largest absolute Gasteiger partial charge is 0.377 e. The van der Waals surface area contributed by atoms with E-state index in [2.05, 4.69) is 0 Å². The number of ether oxygens (including phenoxy) is 1. The van der Waals surface area contributed by atoms with Gasteiger partial charge in [0.2, 0.25) is 0 Å². The third-order valence-electron chi connectivity index (χ3n) is 3.30. The Morgan fingerprint density at radius 2 is 2.16 bits per heavy atom. The fourth-order valence-electron chi connectivity index (χ4n) is 2.21. The highest BCUT2D eigenvalue weighted by molar-refractivity contribution is 7.91. The van der Waals surface area contributed by atoms with Gasteiger partial charge in [0.25, 0.3) is 0 Å². The minimum Gasteiger partial charge on any atom is -0.377 e. The molecule has 1 unspecified atom stereocenters. The molecule has 0 aromatic heterocycles. The summed E-state index contributed by atoms with van der Waals surface area (Å²) in [5.74, 6) is 0.514. The van der Waals surface area contributed by atoms with Gasteiger partial charge >= 0.3 is 0 Å². The molecule has 4 nitrogen and oxygen atoms in total. The summed E-state index contributed by atoms with van der Waals surface area (Å²) in [6.45, 7) is 3.44. The van der Waals surface area contributed by atoms with Crippen molar-refractivity contribution in [3.8, 4) is 0 Å². The average molecular weight is 304 g/mol. The lowest BCUT2D eigenvalue weighted by atomic mass is 10.2. The average Bonchev–Trinajstić information content (AvgIpc) is 2.47. The van der Waals surface area contributed by atoms with Crippen LogP contribution in [0.5, 0.6) is 0 Å². The van der Waals surface area contributed by atoms with E-state index in [9.17, 15) is 8.42 Å². The van der Waals surface area contributed by atoms with Gasteiger partial charge in [0, 0.05) is 12.4 Å². The Balaban J connectivity index is 2.44. The first-order chi connectivity index (χ1) is 9.10.